The summed E-state index contributed by atoms with van der Waals surface area (Å²) in [7, 11) is 3.29. The number of amides is 3. The topological polar surface area (TPSA) is 105 Å². The lowest BCUT2D eigenvalue weighted by Crippen LogP contribution is -2.52. The zero-order valence-electron chi connectivity index (χ0n) is 20.5. The van der Waals surface area contributed by atoms with Gasteiger partial charge in [-0.15, -0.1) is 0 Å². The SMILES string of the molecule is CN(C)C(=O)CC[C@@H](C=O)NC(=O)C(CC1CC2CCC1CC2)NC(=O)OCc1cccc(Cl)c1. The van der Waals surface area contributed by atoms with E-state index in [1.807, 2.05) is 0 Å². The monoisotopic (exact) mass is 505 g/mol. The van der Waals surface area contributed by atoms with Crippen molar-refractivity contribution in [3.63, 3.8) is 0 Å². The number of halogens is 1. The number of benzene rings is 1. The van der Waals surface area contributed by atoms with Gasteiger partial charge >= 0.3 is 6.09 Å². The highest BCUT2D eigenvalue weighted by molar-refractivity contribution is 6.30. The van der Waals surface area contributed by atoms with Gasteiger partial charge in [0.2, 0.25) is 11.8 Å². The van der Waals surface area contributed by atoms with Gasteiger partial charge in [-0.05, 0) is 67.6 Å². The molecule has 0 heterocycles. The summed E-state index contributed by atoms with van der Waals surface area (Å²) in [5.74, 6) is 1.03. The fourth-order valence-electron chi connectivity index (χ4n) is 5.26. The zero-order chi connectivity index (χ0) is 25.4. The quantitative estimate of drug-likeness (QED) is 0.446. The van der Waals surface area contributed by atoms with Crippen LogP contribution in [0.25, 0.3) is 0 Å². The van der Waals surface area contributed by atoms with Crippen LogP contribution in [0.2, 0.25) is 5.02 Å². The predicted octanol–water partition coefficient (Wildman–Crippen LogP) is 3.70. The largest absolute Gasteiger partial charge is 0.445 e. The molecule has 1 aromatic rings. The Balaban J connectivity index is 1.61. The minimum atomic E-state index is -0.821. The third-order valence-electron chi connectivity index (χ3n) is 7.26. The fourth-order valence-corrected chi connectivity index (χ4v) is 5.47. The Morgan fingerprint density at radius 1 is 1.17 bits per heavy atom. The zero-order valence-corrected chi connectivity index (χ0v) is 21.3. The van der Waals surface area contributed by atoms with Crippen LogP contribution in [0, 0.1) is 17.8 Å². The maximum absolute atomic E-state index is 13.2. The van der Waals surface area contributed by atoms with E-state index >= 15 is 0 Å². The van der Waals surface area contributed by atoms with Crippen LogP contribution in [0.4, 0.5) is 4.79 Å². The van der Waals surface area contributed by atoms with Crippen molar-refractivity contribution < 1.29 is 23.9 Å². The normalized spacial score (nSPS) is 22.5. The lowest BCUT2D eigenvalue weighted by atomic mass is 9.63. The van der Waals surface area contributed by atoms with Crippen LogP contribution in [0.15, 0.2) is 24.3 Å². The fraction of sp³-hybridized carbons (Fsp3) is 0.615. The third-order valence-corrected chi connectivity index (χ3v) is 7.50. The number of hydrogen-bond donors (Lipinski definition) is 2. The number of alkyl carbamates (subject to hydrolysis) is 1. The van der Waals surface area contributed by atoms with Crippen molar-refractivity contribution in [2.24, 2.45) is 17.8 Å². The molecule has 3 aliphatic rings. The van der Waals surface area contributed by atoms with Gasteiger partial charge in [-0.25, -0.2) is 4.79 Å². The lowest BCUT2D eigenvalue weighted by molar-refractivity contribution is -0.130. The summed E-state index contributed by atoms with van der Waals surface area (Å²) in [6.07, 6.45) is 6.63. The Bertz CT molecular complexity index is 901. The number of nitrogens with one attached hydrogen (secondary N) is 2. The average molecular weight is 506 g/mol. The molecule has 3 fully saturated rings. The number of hydrogen-bond acceptors (Lipinski definition) is 5. The van der Waals surface area contributed by atoms with Crippen LogP contribution in [-0.2, 0) is 25.7 Å². The van der Waals surface area contributed by atoms with Gasteiger partial charge in [0.15, 0.2) is 0 Å². The average Bonchev–Trinajstić information content (AvgIpc) is 2.85. The van der Waals surface area contributed by atoms with Gasteiger partial charge in [-0.3, -0.25) is 9.59 Å². The van der Waals surface area contributed by atoms with Gasteiger partial charge < -0.3 is 25.1 Å². The summed E-state index contributed by atoms with van der Waals surface area (Å²) in [5, 5.41) is 5.98. The van der Waals surface area contributed by atoms with E-state index in [1.54, 1.807) is 38.4 Å². The molecule has 192 valence electrons. The third kappa shape index (κ3) is 8.23. The van der Waals surface area contributed by atoms with Crippen LogP contribution in [-0.4, -0.2) is 55.3 Å². The molecule has 0 aliphatic heterocycles. The first-order chi connectivity index (χ1) is 16.7. The van der Waals surface area contributed by atoms with E-state index in [0.717, 1.165) is 24.8 Å². The molecule has 3 atom stereocenters. The molecule has 35 heavy (non-hydrogen) atoms. The van der Waals surface area contributed by atoms with Gasteiger partial charge in [0.1, 0.15) is 18.9 Å². The summed E-state index contributed by atoms with van der Waals surface area (Å²) in [6.45, 7) is 0.0263. The lowest BCUT2D eigenvalue weighted by Gasteiger charge is -2.43. The molecule has 1 aromatic carbocycles. The Morgan fingerprint density at radius 3 is 2.51 bits per heavy atom. The van der Waals surface area contributed by atoms with E-state index in [4.69, 9.17) is 16.3 Å². The van der Waals surface area contributed by atoms with Gasteiger partial charge in [0.25, 0.3) is 0 Å². The molecule has 8 nitrogen and oxygen atoms in total. The Kier molecular flexibility index (Phi) is 9.95. The molecule has 2 bridgehead atoms. The molecule has 3 aliphatic carbocycles. The van der Waals surface area contributed by atoms with Crippen molar-refractivity contribution in [3.8, 4) is 0 Å². The predicted molar refractivity (Wildman–Crippen MR) is 133 cm³/mol. The maximum atomic E-state index is 13.2. The molecular formula is C26H36ClN3O5. The Hall–Kier alpha value is -2.61. The van der Waals surface area contributed by atoms with E-state index in [1.165, 1.54) is 17.7 Å². The summed E-state index contributed by atoms with van der Waals surface area (Å²) in [6, 6.07) is 5.39. The smallest absolute Gasteiger partial charge is 0.408 e. The molecule has 3 saturated carbocycles. The van der Waals surface area contributed by atoms with Crippen molar-refractivity contribution in [2.75, 3.05) is 14.1 Å². The molecule has 2 unspecified atom stereocenters. The van der Waals surface area contributed by atoms with Gasteiger partial charge in [-0.2, -0.15) is 0 Å². The summed E-state index contributed by atoms with van der Waals surface area (Å²) >= 11 is 5.99. The van der Waals surface area contributed by atoms with E-state index in [9.17, 15) is 19.2 Å². The molecule has 4 rings (SSSR count). The number of ether oxygens (including phenoxy) is 1. The van der Waals surface area contributed by atoms with Crippen LogP contribution in [0.1, 0.15) is 56.9 Å². The van der Waals surface area contributed by atoms with E-state index in [2.05, 4.69) is 10.6 Å². The first kappa shape index (κ1) is 27.0. The highest BCUT2D eigenvalue weighted by Crippen LogP contribution is 2.46. The molecule has 2 N–H and O–H groups in total. The van der Waals surface area contributed by atoms with Crippen LogP contribution < -0.4 is 10.6 Å². The second-order valence-electron chi connectivity index (χ2n) is 9.99. The maximum Gasteiger partial charge on any atom is 0.408 e. The molecular weight excluding hydrogens is 470 g/mol. The van der Waals surface area contributed by atoms with Gasteiger partial charge in [0.05, 0.1) is 6.04 Å². The molecule has 0 saturated heterocycles. The van der Waals surface area contributed by atoms with Crippen molar-refractivity contribution >= 4 is 35.8 Å². The summed E-state index contributed by atoms with van der Waals surface area (Å²) < 4.78 is 5.34. The number of rotatable bonds is 11. The van der Waals surface area contributed by atoms with E-state index in [-0.39, 0.29) is 25.4 Å². The molecule has 3 amide bonds. The van der Waals surface area contributed by atoms with E-state index < -0.39 is 24.1 Å². The minimum absolute atomic E-state index is 0.0263. The number of fused-ring (bicyclic) bond motifs is 3. The van der Waals surface area contributed by atoms with Crippen molar-refractivity contribution in [3.05, 3.63) is 34.9 Å². The first-order valence-corrected chi connectivity index (χ1v) is 12.8. The minimum Gasteiger partial charge on any atom is -0.445 e. The highest BCUT2D eigenvalue weighted by Gasteiger charge is 2.38. The van der Waals surface area contributed by atoms with Gasteiger partial charge in [0, 0.05) is 25.5 Å². The number of carbonyl (C=O) groups is 4. The van der Waals surface area contributed by atoms with Crippen LogP contribution in [0.3, 0.4) is 0 Å². The standard InChI is InChI=1S/C26H36ClN3O5/c1-30(2)24(32)11-10-22(15-31)28-25(33)23(14-20-12-17-6-8-19(20)9-7-17)29-26(34)35-16-18-4-3-5-21(27)13-18/h3-5,13,15,17,19-20,22-23H,6-12,14,16H2,1-2H3,(H,28,33)(H,29,34)/t17?,19?,20?,22-,23?/m0/s1. The van der Waals surface area contributed by atoms with E-state index in [0.29, 0.717) is 35.5 Å². The first-order valence-electron chi connectivity index (χ1n) is 12.4. The van der Waals surface area contributed by atoms with Crippen molar-refractivity contribution in [2.45, 2.75) is 70.1 Å². The number of nitrogens with zero attached hydrogens (tertiary/aromatic N) is 1. The Morgan fingerprint density at radius 2 is 1.91 bits per heavy atom. The Labute approximate surface area is 212 Å². The molecule has 0 aromatic heterocycles. The molecule has 0 spiro atoms. The van der Waals surface area contributed by atoms with Gasteiger partial charge in [-0.1, -0.05) is 36.6 Å². The second-order valence-corrected chi connectivity index (χ2v) is 10.4. The van der Waals surface area contributed by atoms with Crippen molar-refractivity contribution in [1.29, 1.82) is 0 Å². The summed E-state index contributed by atoms with van der Waals surface area (Å²) in [4.78, 5) is 50.7. The second kappa shape index (κ2) is 12.9. The van der Waals surface area contributed by atoms with Crippen LogP contribution >= 0.6 is 11.6 Å². The summed E-state index contributed by atoms with van der Waals surface area (Å²) in [5.41, 5.74) is 0.741. The highest BCUT2D eigenvalue weighted by atomic mass is 35.5. The van der Waals surface area contributed by atoms with Crippen LogP contribution in [0.5, 0.6) is 0 Å². The molecule has 9 heteroatoms. The number of aldehydes is 1. The van der Waals surface area contributed by atoms with Crippen molar-refractivity contribution in [1.82, 2.24) is 15.5 Å². The number of carbonyl (C=O) groups excluding carboxylic acids is 4. The molecule has 0 radical (unpaired) electrons.